The summed E-state index contributed by atoms with van der Waals surface area (Å²) < 4.78 is 10.5. The normalized spacial score (nSPS) is 19.7. The van der Waals surface area contributed by atoms with Crippen LogP contribution in [0.2, 0.25) is 0 Å². The van der Waals surface area contributed by atoms with Gasteiger partial charge in [0, 0.05) is 13.0 Å². The van der Waals surface area contributed by atoms with Crippen LogP contribution in [0.3, 0.4) is 0 Å². The average molecular weight is 253 g/mol. The predicted octanol–water partition coefficient (Wildman–Crippen LogP) is 1.48. The maximum atomic E-state index is 11.4. The second kappa shape index (κ2) is 6.49. The van der Waals surface area contributed by atoms with Crippen molar-refractivity contribution in [1.82, 2.24) is 15.2 Å². The predicted molar refractivity (Wildman–Crippen MR) is 64.3 cm³/mol. The van der Waals surface area contributed by atoms with E-state index < -0.39 is 5.97 Å². The molecule has 0 bridgehead atoms. The molecular weight excluding hydrogens is 234 g/mol. The van der Waals surface area contributed by atoms with Crippen molar-refractivity contribution in [2.24, 2.45) is 0 Å². The van der Waals surface area contributed by atoms with Crippen LogP contribution in [0.5, 0.6) is 0 Å². The monoisotopic (exact) mass is 253 g/mol. The minimum absolute atomic E-state index is 0.108. The number of carbonyl (C=O) groups is 1. The Labute approximate surface area is 106 Å². The Balaban J connectivity index is 1.80. The Morgan fingerprint density at radius 1 is 1.56 bits per heavy atom. The molecular formula is C12H19N3O3. The Kier molecular flexibility index (Phi) is 4.69. The highest BCUT2D eigenvalue weighted by molar-refractivity contribution is 5.84. The lowest BCUT2D eigenvalue weighted by Gasteiger charge is -2.21. The zero-order chi connectivity index (χ0) is 12.8. The van der Waals surface area contributed by atoms with Crippen LogP contribution in [-0.4, -0.2) is 40.5 Å². The van der Waals surface area contributed by atoms with Gasteiger partial charge in [0.05, 0.1) is 12.7 Å². The molecule has 1 fully saturated rings. The fraction of sp³-hybridized carbons (Fsp3) is 0.750. The number of hydrogen-bond acceptors (Lipinski definition) is 5. The van der Waals surface area contributed by atoms with Gasteiger partial charge in [-0.1, -0.05) is 0 Å². The van der Waals surface area contributed by atoms with E-state index in [0.29, 0.717) is 18.5 Å². The molecule has 0 spiro atoms. The summed E-state index contributed by atoms with van der Waals surface area (Å²) in [5, 5.41) is 6.61. The molecule has 1 aliphatic heterocycles. The molecule has 0 aliphatic carbocycles. The first-order chi connectivity index (χ1) is 8.79. The third-order valence-electron chi connectivity index (χ3n) is 2.97. The molecule has 2 rings (SSSR count). The van der Waals surface area contributed by atoms with Crippen molar-refractivity contribution in [1.29, 1.82) is 0 Å². The first-order valence-corrected chi connectivity index (χ1v) is 6.49. The van der Waals surface area contributed by atoms with Gasteiger partial charge in [-0.25, -0.2) is 9.78 Å². The lowest BCUT2D eigenvalue weighted by atomic mass is 10.0. The number of hydrogen-bond donors (Lipinski definition) is 1. The van der Waals surface area contributed by atoms with Crippen LogP contribution < -0.4 is 0 Å². The maximum absolute atomic E-state index is 11.4. The Bertz CT molecular complexity index is 386. The number of carbonyl (C=O) groups excluding carboxylic acids is 1. The first kappa shape index (κ1) is 13.0. The van der Waals surface area contributed by atoms with Gasteiger partial charge >= 0.3 is 5.97 Å². The summed E-state index contributed by atoms with van der Waals surface area (Å²) in [5.74, 6) is 0.345. The zero-order valence-electron chi connectivity index (χ0n) is 10.6. The SMILES string of the molecule is CCOC(=O)c1n[nH]c(CCC2CCCCO2)n1. The van der Waals surface area contributed by atoms with Crippen molar-refractivity contribution in [3.8, 4) is 0 Å². The number of nitrogens with one attached hydrogen (secondary N) is 1. The van der Waals surface area contributed by atoms with Crippen molar-refractivity contribution in [3.05, 3.63) is 11.6 Å². The van der Waals surface area contributed by atoms with Gasteiger partial charge in [0.25, 0.3) is 5.82 Å². The Hall–Kier alpha value is -1.43. The lowest BCUT2D eigenvalue weighted by molar-refractivity contribution is 0.0112. The second-order valence-electron chi connectivity index (χ2n) is 4.35. The number of aromatic amines is 1. The highest BCUT2D eigenvalue weighted by Gasteiger charge is 2.16. The van der Waals surface area contributed by atoms with E-state index in [1.54, 1.807) is 6.92 Å². The Morgan fingerprint density at radius 2 is 2.44 bits per heavy atom. The highest BCUT2D eigenvalue weighted by atomic mass is 16.5. The van der Waals surface area contributed by atoms with E-state index in [2.05, 4.69) is 15.2 Å². The molecule has 18 heavy (non-hydrogen) atoms. The molecule has 6 nitrogen and oxygen atoms in total. The standard InChI is InChI=1S/C12H19N3O3/c1-2-17-12(16)11-13-10(14-15-11)7-6-9-5-3-4-8-18-9/h9H,2-8H2,1H3,(H,13,14,15). The van der Waals surface area contributed by atoms with Crippen LogP contribution in [0.1, 0.15) is 49.1 Å². The van der Waals surface area contributed by atoms with Crippen LogP contribution in [0.25, 0.3) is 0 Å². The van der Waals surface area contributed by atoms with E-state index in [4.69, 9.17) is 9.47 Å². The number of rotatable bonds is 5. The largest absolute Gasteiger partial charge is 0.460 e. The van der Waals surface area contributed by atoms with Gasteiger partial charge in [-0.2, -0.15) is 0 Å². The minimum atomic E-state index is -0.478. The quantitative estimate of drug-likeness (QED) is 0.804. The smallest absolute Gasteiger partial charge is 0.378 e. The van der Waals surface area contributed by atoms with E-state index in [0.717, 1.165) is 32.3 Å². The third-order valence-corrected chi connectivity index (χ3v) is 2.97. The van der Waals surface area contributed by atoms with Crippen molar-refractivity contribution >= 4 is 5.97 Å². The third kappa shape index (κ3) is 3.53. The molecule has 2 heterocycles. The van der Waals surface area contributed by atoms with E-state index in [1.165, 1.54) is 6.42 Å². The summed E-state index contributed by atoms with van der Waals surface area (Å²) in [4.78, 5) is 15.5. The average Bonchev–Trinajstić information content (AvgIpc) is 2.87. The topological polar surface area (TPSA) is 77.1 Å². The second-order valence-corrected chi connectivity index (χ2v) is 4.35. The van der Waals surface area contributed by atoms with E-state index in [9.17, 15) is 4.79 Å². The van der Waals surface area contributed by atoms with Crippen LogP contribution in [-0.2, 0) is 15.9 Å². The number of nitrogens with zero attached hydrogens (tertiary/aromatic N) is 2. The molecule has 100 valence electrons. The van der Waals surface area contributed by atoms with Gasteiger partial charge in [0.2, 0.25) is 0 Å². The molecule has 6 heteroatoms. The van der Waals surface area contributed by atoms with Crippen molar-refractivity contribution in [2.75, 3.05) is 13.2 Å². The first-order valence-electron chi connectivity index (χ1n) is 6.49. The van der Waals surface area contributed by atoms with E-state index >= 15 is 0 Å². The highest BCUT2D eigenvalue weighted by Crippen LogP contribution is 2.16. The van der Waals surface area contributed by atoms with Crippen molar-refractivity contribution < 1.29 is 14.3 Å². The molecule has 1 saturated heterocycles. The number of ether oxygens (including phenoxy) is 2. The van der Waals surface area contributed by atoms with Crippen LogP contribution in [0, 0.1) is 0 Å². The van der Waals surface area contributed by atoms with Gasteiger partial charge in [-0.05, 0) is 32.6 Å². The molecule has 1 atom stereocenters. The molecule has 1 N–H and O–H groups in total. The molecule has 1 aliphatic rings. The van der Waals surface area contributed by atoms with E-state index in [-0.39, 0.29) is 5.82 Å². The lowest BCUT2D eigenvalue weighted by Crippen LogP contribution is -2.19. The van der Waals surface area contributed by atoms with Gasteiger partial charge in [0.1, 0.15) is 5.82 Å². The molecule has 0 amide bonds. The number of H-pyrrole nitrogens is 1. The summed E-state index contributed by atoms with van der Waals surface area (Å²) in [6.07, 6.45) is 5.48. The maximum Gasteiger partial charge on any atom is 0.378 e. The fourth-order valence-corrected chi connectivity index (χ4v) is 2.03. The van der Waals surface area contributed by atoms with Gasteiger partial charge in [-0.15, -0.1) is 5.10 Å². The summed E-state index contributed by atoms with van der Waals surface area (Å²) >= 11 is 0. The van der Waals surface area contributed by atoms with Crippen LogP contribution in [0.15, 0.2) is 0 Å². The zero-order valence-corrected chi connectivity index (χ0v) is 10.6. The minimum Gasteiger partial charge on any atom is -0.460 e. The van der Waals surface area contributed by atoms with Crippen LogP contribution >= 0.6 is 0 Å². The Morgan fingerprint density at radius 3 is 3.17 bits per heavy atom. The molecule has 0 radical (unpaired) electrons. The number of esters is 1. The molecule has 1 unspecified atom stereocenters. The van der Waals surface area contributed by atoms with Crippen molar-refractivity contribution in [2.45, 2.75) is 45.1 Å². The van der Waals surface area contributed by atoms with E-state index in [1.807, 2.05) is 0 Å². The molecule has 0 saturated carbocycles. The van der Waals surface area contributed by atoms with Gasteiger partial charge in [0.15, 0.2) is 0 Å². The fourth-order valence-electron chi connectivity index (χ4n) is 2.03. The summed E-state index contributed by atoms with van der Waals surface area (Å²) in [6, 6.07) is 0. The molecule has 1 aromatic heterocycles. The van der Waals surface area contributed by atoms with Gasteiger partial charge in [-0.3, -0.25) is 5.10 Å². The number of aromatic nitrogens is 3. The summed E-state index contributed by atoms with van der Waals surface area (Å²) in [6.45, 7) is 2.94. The number of aryl methyl sites for hydroxylation is 1. The van der Waals surface area contributed by atoms with Gasteiger partial charge < -0.3 is 9.47 Å². The summed E-state index contributed by atoms with van der Waals surface area (Å²) in [5.41, 5.74) is 0. The molecule has 0 aromatic carbocycles. The molecule has 1 aromatic rings. The van der Waals surface area contributed by atoms with Crippen LogP contribution in [0.4, 0.5) is 0 Å². The summed E-state index contributed by atoms with van der Waals surface area (Å²) in [7, 11) is 0. The van der Waals surface area contributed by atoms with Crippen molar-refractivity contribution in [3.63, 3.8) is 0 Å².